The normalized spacial score (nSPS) is 19.4. The SMILES string of the molecule is COc1cc(C(=O)NC(Cc2ccccc2)C(O)CN(CCC2CCC3OCOC3C2)C(=O)CCN2C(=O)c3ccccc3C2=O)cc(OC)c1OCc1ccccc1. The van der Waals surface area contributed by atoms with Gasteiger partial charge in [0.1, 0.15) is 13.4 Å². The molecule has 0 aromatic heterocycles. The molecular weight excluding hydrogens is 755 g/mol. The number of benzene rings is 4. The summed E-state index contributed by atoms with van der Waals surface area (Å²) in [5.41, 5.74) is 2.66. The van der Waals surface area contributed by atoms with E-state index >= 15 is 0 Å². The summed E-state index contributed by atoms with van der Waals surface area (Å²) in [6, 6.07) is 28.0. The number of aliphatic hydroxyl groups excluding tert-OH is 1. The lowest BCUT2D eigenvalue weighted by Crippen LogP contribution is -2.51. The maximum absolute atomic E-state index is 14.1. The van der Waals surface area contributed by atoms with Crippen molar-refractivity contribution in [2.24, 2.45) is 5.92 Å². The molecule has 59 heavy (non-hydrogen) atoms. The van der Waals surface area contributed by atoms with Gasteiger partial charge in [0.2, 0.25) is 11.7 Å². The first-order chi connectivity index (χ1) is 28.7. The summed E-state index contributed by atoms with van der Waals surface area (Å²) in [4.78, 5) is 57.1. The fourth-order valence-electron chi connectivity index (χ4n) is 8.13. The summed E-state index contributed by atoms with van der Waals surface area (Å²) in [6.07, 6.45) is 2.29. The number of amides is 4. The predicted molar refractivity (Wildman–Crippen MR) is 217 cm³/mol. The highest BCUT2D eigenvalue weighted by Gasteiger charge is 2.38. The zero-order chi connectivity index (χ0) is 41.3. The maximum Gasteiger partial charge on any atom is 0.261 e. The van der Waals surface area contributed by atoms with Gasteiger partial charge >= 0.3 is 0 Å². The van der Waals surface area contributed by atoms with E-state index < -0.39 is 29.9 Å². The van der Waals surface area contributed by atoms with E-state index in [1.807, 2.05) is 60.7 Å². The number of ether oxygens (including phenoxy) is 5. The van der Waals surface area contributed by atoms with Crippen molar-refractivity contribution >= 4 is 23.6 Å². The first-order valence-corrected chi connectivity index (χ1v) is 20.1. The number of carbonyl (C=O) groups is 4. The second kappa shape index (κ2) is 19.3. The molecule has 13 nitrogen and oxygen atoms in total. The highest BCUT2D eigenvalue weighted by Crippen LogP contribution is 2.39. The second-order valence-corrected chi connectivity index (χ2v) is 15.2. The number of fused-ring (bicyclic) bond motifs is 2. The van der Waals surface area contributed by atoms with E-state index in [1.54, 1.807) is 41.3 Å². The van der Waals surface area contributed by atoms with E-state index in [9.17, 15) is 24.3 Å². The van der Waals surface area contributed by atoms with Crippen LogP contribution in [0.3, 0.4) is 0 Å². The van der Waals surface area contributed by atoms with Crippen LogP contribution >= 0.6 is 0 Å². The van der Waals surface area contributed by atoms with Crippen molar-refractivity contribution in [3.8, 4) is 17.2 Å². The number of aliphatic hydroxyl groups is 1. The van der Waals surface area contributed by atoms with Gasteiger partial charge in [0, 0.05) is 31.6 Å². The van der Waals surface area contributed by atoms with E-state index in [4.69, 9.17) is 23.7 Å². The fourth-order valence-corrected chi connectivity index (χ4v) is 8.13. The summed E-state index contributed by atoms with van der Waals surface area (Å²) in [5.74, 6) is -0.480. The minimum Gasteiger partial charge on any atom is -0.493 e. The van der Waals surface area contributed by atoms with E-state index in [0.717, 1.165) is 35.3 Å². The van der Waals surface area contributed by atoms with Gasteiger partial charge in [-0.15, -0.1) is 0 Å². The van der Waals surface area contributed by atoms with Gasteiger partial charge in [-0.1, -0.05) is 72.8 Å². The van der Waals surface area contributed by atoms with Crippen molar-refractivity contribution in [3.05, 3.63) is 125 Å². The van der Waals surface area contributed by atoms with Crippen molar-refractivity contribution in [1.29, 1.82) is 0 Å². The summed E-state index contributed by atoms with van der Waals surface area (Å²) < 4.78 is 28.9. The summed E-state index contributed by atoms with van der Waals surface area (Å²) >= 11 is 0. The Morgan fingerprint density at radius 2 is 1.46 bits per heavy atom. The van der Waals surface area contributed by atoms with Crippen LogP contribution in [0.5, 0.6) is 17.2 Å². The van der Waals surface area contributed by atoms with Gasteiger partial charge in [0.25, 0.3) is 17.7 Å². The molecule has 1 saturated carbocycles. The zero-order valence-electron chi connectivity index (χ0n) is 33.4. The molecule has 4 amide bonds. The lowest BCUT2D eigenvalue weighted by molar-refractivity contribution is -0.133. The average Bonchev–Trinajstić information content (AvgIpc) is 3.84. The quantitative estimate of drug-likeness (QED) is 0.125. The predicted octanol–water partition coefficient (Wildman–Crippen LogP) is 5.43. The maximum atomic E-state index is 14.1. The largest absolute Gasteiger partial charge is 0.493 e. The van der Waals surface area contributed by atoms with Gasteiger partial charge in [-0.3, -0.25) is 24.1 Å². The van der Waals surface area contributed by atoms with E-state index in [1.165, 1.54) is 14.2 Å². The molecule has 4 aromatic rings. The average molecular weight is 806 g/mol. The smallest absolute Gasteiger partial charge is 0.261 e. The third-order valence-electron chi connectivity index (χ3n) is 11.4. The fraction of sp³-hybridized carbons (Fsp3) is 0.391. The van der Waals surface area contributed by atoms with Crippen LogP contribution in [0, 0.1) is 5.92 Å². The Bertz CT molecular complexity index is 2040. The molecular formula is C46H51N3O10. The second-order valence-electron chi connectivity index (χ2n) is 15.2. The Hall–Kier alpha value is -5.76. The molecule has 2 N–H and O–H groups in total. The minimum absolute atomic E-state index is 0.0181. The molecule has 3 aliphatic rings. The van der Waals surface area contributed by atoms with Crippen LogP contribution in [0.25, 0.3) is 0 Å². The van der Waals surface area contributed by atoms with E-state index in [0.29, 0.717) is 41.3 Å². The highest BCUT2D eigenvalue weighted by molar-refractivity contribution is 6.21. The monoisotopic (exact) mass is 805 g/mol. The molecule has 2 heterocycles. The van der Waals surface area contributed by atoms with Crippen LogP contribution in [-0.4, -0.2) is 104 Å². The molecule has 2 aliphatic heterocycles. The van der Waals surface area contributed by atoms with Crippen LogP contribution < -0.4 is 19.5 Å². The van der Waals surface area contributed by atoms with Crippen molar-refractivity contribution < 1.29 is 48.0 Å². The van der Waals surface area contributed by atoms with Crippen LogP contribution in [-0.2, 0) is 27.3 Å². The number of rotatable bonds is 18. The number of carbonyl (C=O) groups excluding carboxylic acids is 4. The Balaban J connectivity index is 1.09. The van der Waals surface area contributed by atoms with Crippen LogP contribution in [0.2, 0.25) is 0 Å². The number of methoxy groups -OCH3 is 2. The molecule has 5 unspecified atom stereocenters. The van der Waals surface area contributed by atoms with Crippen molar-refractivity contribution in [1.82, 2.24) is 15.1 Å². The van der Waals surface area contributed by atoms with Gasteiger partial charge in [-0.2, -0.15) is 0 Å². The zero-order valence-corrected chi connectivity index (χ0v) is 33.4. The number of hydrogen-bond donors (Lipinski definition) is 2. The highest BCUT2D eigenvalue weighted by atomic mass is 16.7. The Morgan fingerprint density at radius 3 is 2.10 bits per heavy atom. The number of imide groups is 1. The molecule has 13 heteroatoms. The molecule has 0 radical (unpaired) electrons. The molecule has 0 spiro atoms. The van der Waals surface area contributed by atoms with Crippen LogP contribution in [0.4, 0.5) is 0 Å². The van der Waals surface area contributed by atoms with Gasteiger partial charge in [0.05, 0.1) is 49.7 Å². The number of hydrogen-bond acceptors (Lipinski definition) is 10. The van der Waals surface area contributed by atoms with Gasteiger partial charge in [-0.25, -0.2) is 0 Å². The molecule has 2 fully saturated rings. The van der Waals surface area contributed by atoms with Crippen LogP contribution in [0.1, 0.15) is 74.3 Å². The van der Waals surface area contributed by atoms with Crippen molar-refractivity contribution in [2.45, 2.75) is 69.5 Å². The molecule has 7 rings (SSSR count). The molecule has 0 bridgehead atoms. The van der Waals surface area contributed by atoms with Crippen molar-refractivity contribution in [2.75, 3.05) is 40.6 Å². The standard InChI is InChI=1S/C46H51N3O10/c1-55-40-25-33(26-41(56-2)43(40)57-28-32-13-7-4-8-14-32)44(52)47-36(23-30-11-5-3-6-12-30)37(50)27-48(21-19-31-17-18-38-39(24-31)59-29-58-38)42(51)20-22-49-45(53)34-15-9-10-16-35(34)46(49)54/h3-16,25-26,31,36-39,50H,17-24,27-29H2,1-2H3,(H,47,52). The minimum atomic E-state index is -1.21. The molecule has 1 aliphatic carbocycles. The molecule has 310 valence electrons. The van der Waals surface area contributed by atoms with Crippen LogP contribution in [0.15, 0.2) is 97.1 Å². The van der Waals surface area contributed by atoms with Gasteiger partial charge < -0.3 is 39.0 Å². The Labute approximate surface area is 344 Å². The van der Waals surface area contributed by atoms with E-state index in [-0.39, 0.29) is 68.9 Å². The number of nitrogens with one attached hydrogen (secondary N) is 1. The lowest BCUT2D eigenvalue weighted by atomic mass is 9.83. The Kier molecular flexibility index (Phi) is 13.6. The third-order valence-corrected chi connectivity index (χ3v) is 11.4. The topological polar surface area (TPSA) is 153 Å². The lowest BCUT2D eigenvalue weighted by Gasteiger charge is -2.34. The van der Waals surface area contributed by atoms with Gasteiger partial charge in [0.15, 0.2) is 11.5 Å². The number of nitrogens with zero attached hydrogens (tertiary/aromatic N) is 2. The van der Waals surface area contributed by atoms with Crippen molar-refractivity contribution in [3.63, 3.8) is 0 Å². The third kappa shape index (κ3) is 9.93. The molecule has 4 aromatic carbocycles. The molecule has 1 saturated heterocycles. The first kappa shape index (κ1) is 41.4. The summed E-state index contributed by atoms with van der Waals surface area (Å²) in [5, 5.41) is 15.0. The first-order valence-electron chi connectivity index (χ1n) is 20.1. The summed E-state index contributed by atoms with van der Waals surface area (Å²) in [6.45, 7) is 0.662. The summed E-state index contributed by atoms with van der Waals surface area (Å²) in [7, 11) is 2.96. The van der Waals surface area contributed by atoms with Gasteiger partial charge in [-0.05, 0) is 73.4 Å². The Morgan fingerprint density at radius 1 is 0.847 bits per heavy atom. The molecule has 5 atom stereocenters. The van der Waals surface area contributed by atoms with E-state index in [2.05, 4.69) is 5.32 Å².